The van der Waals surface area contributed by atoms with Gasteiger partial charge in [-0.2, -0.15) is 5.10 Å². The van der Waals surface area contributed by atoms with E-state index in [-0.39, 0.29) is 5.82 Å². The number of hydrogen-bond acceptors (Lipinski definition) is 3. The molecule has 0 aliphatic heterocycles. The fourth-order valence-corrected chi connectivity index (χ4v) is 3.56. The predicted octanol–water partition coefficient (Wildman–Crippen LogP) is 5.48. The molecule has 3 nitrogen and oxygen atoms in total. The number of hydrogen-bond donors (Lipinski definition) is 0. The monoisotopic (exact) mass is 369 g/mol. The van der Waals surface area contributed by atoms with Crippen LogP contribution in [0.25, 0.3) is 16.8 Å². The van der Waals surface area contributed by atoms with Crippen LogP contribution in [0.5, 0.6) is 0 Å². The van der Waals surface area contributed by atoms with Crippen LogP contribution in [-0.2, 0) is 5.75 Å². The Morgan fingerprint density at radius 3 is 2.56 bits per heavy atom. The molecular weight excluding hydrogens is 357 g/mol. The minimum atomic E-state index is -0.256. The summed E-state index contributed by atoms with van der Waals surface area (Å²) in [4.78, 5) is 4.48. The van der Waals surface area contributed by atoms with E-state index in [2.05, 4.69) is 10.1 Å². The van der Waals surface area contributed by atoms with Crippen LogP contribution in [0.2, 0.25) is 5.02 Å². The van der Waals surface area contributed by atoms with Gasteiger partial charge in [0.05, 0.1) is 11.2 Å². The van der Waals surface area contributed by atoms with Crippen LogP contribution in [0, 0.1) is 5.82 Å². The number of nitrogens with zero attached hydrogens (tertiary/aromatic N) is 3. The highest BCUT2D eigenvalue weighted by Crippen LogP contribution is 2.28. The highest BCUT2D eigenvalue weighted by atomic mass is 35.5. The number of fused-ring (bicyclic) bond motifs is 1. The van der Waals surface area contributed by atoms with Crippen molar-refractivity contribution in [2.75, 3.05) is 0 Å². The molecule has 0 amide bonds. The molecule has 2 heterocycles. The Balaban J connectivity index is 1.63. The molecule has 0 unspecified atom stereocenters. The summed E-state index contributed by atoms with van der Waals surface area (Å²) in [5, 5.41) is 6.19. The standard InChI is InChI=1S/C19H13ClFN3S/c20-15-5-1-13(2-6-15)12-25-19-18-11-17(23-24(18)10-9-22-19)14-3-7-16(21)8-4-14/h1-11H,12H2. The van der Waals surface area contributed by atoms with Gasteiger partial charge in [-0.15, -0.1) is 0 Å². The van der Waals surface area contributed by atoms with Crippen molar-refractivity contribution in [1.82, 2.24) is 14.6 Å². The van der Waals surface area contributed by atoms with E-state index in [1.165, 1.54) is 17.7 Å². The van der Waals surface area contributed by atoms with Crippen molar-refractivity contribution in [3.05, 3.63) is 83.4 Å². The summed E-state index contributed by atoms with van der Waals surface area (Å²) in [5.41, 5.74) is 3.78. The van der Waals surface area contributed by atoms with Crippen molar-refractivity contribution in [3.8, 4) is 11.3 Å². The minimum Gasteiger partial charge on any atom is -0.246 e. The SMILES string of the molecule is Fc1ccc(-c2cc3c(SCc4ccc(Cl)cc4)nccn3n2)cc1. The topological polar surface area (TPSA) is 30.2 Å². The van der Waals surface area contributed by atoms with E-state index >= 15 is 0 Å². The predicted molar refractivity (Wildman–Crippen MR) is 99.4 cm³/mol. The summed E-state index contributed by atoms with van der Waals surface area (Å²) in [6.07, 6.45) is 3.55. The maximum Gasteiger partial charge on any atom is 0.123 e. The van der Waals surface area contributed by atoms with Gasteiger partial charge < -0.3 is 0 Å². The number of thioether (sulfide) groups is 1. The lowest BCUT2D eigenvalue weighted by Crippen LogP contribution is -1.91. The smallest absolute Gasteiger partial charge is 0.123 e. The van der Waals surface area contributed by atoms with Gasteiger partial charge >= 0.3 is 0 Å². The normalized spacial score (nSPS) is 11.1. The molecular formula is C19H13ClFN3S. The summed E-state index contributed by atoms with van der Waals surface area (Å²) in [6.45, 7) is 0. The van der Waals surface area contributed by atoms with Crippen LogP contribution in [0.1, 0.15) is 5.56 Å². The van der Waals surface area contributed by atoms with Crippen molar-refractivity contribution in [1.29, 1.82) is 0 Å². The van der Waals surface area contributed by atoms with Gasteiger partial charge in [0.25, 0.3) is 0 Å². The molecule has 6 heteroatoms. The first kappa shape index (κ1) is 16.1. The Morgan fingerprint density at radius 1 is 1.04 bits per heavy atom. The largest absolute Gasteiger partial charge is 0.246 e. The van der Waals surface area contributed by atoms with E-state index in [0.29, 0.717) is 0 Å². The van der Waals surface area contributed by atoms with Crippen molar-refractivity contribution >= 4 is 28.9 Å². The second-order valence-electron chi connectivity index (χ2n) is 5.51. The molecule has 0 aliphatic carbocycles. The second-order valence-corrected chi connectivity index (χ2v) is 6.91. The summed E-state index contributed by atoms with van der Waals surface area (Å²) >= 11 is 7.57. The molecule has 25 heavy (non-hydrogen) atoms. The van der Waals surface area contributed by atoms with Gasteiger partial charge in [0.1, 0.15) is 10.8 Å². The lowest BCUT2D eigenvalue weighted by Gasteiger charge is -2.03. The van der Waals surface area contributed by atoms with Gasteiger partial charge in [-0.1, -0.05) is 35.5 Å². The first-order valence-electron chi connectivity index (χ1n) is 7.66. The molecule has 2 aromatic carbocycles. The zero-order valence-corrected chi connectivity index (χ0v) is 14.6. The average Bonchev–Trinajstić information content (AvgIpc) is 3.06. The molecule has 0 saturated heterocycles. The maximum absolute atomic E-state index is 13.1. The first-order chi connectivity index (χ1) is 12.2. The van der Waals surface area contributed by atoms with Crippen molar-refractivity contribution in [2.45, 2.75) is 10.8 Å². The van der Waals surface area contributed by atoms with Crippen LogP contribution in [0.4, 0.5) is 4.39 Å². The Kier molecular flexibility index (Phi) is 4.42. The van der Waals surface area contributed by atoms with E-state index in [0.717, 1.165) is 32.6 Å². The highest BCUT2D eigenvalue weighted by Gasteiger charge is 2.10. The van der Waals surface area contributed by atoms with Crippen LogP contribution >= 0.6 is 23.4 Å². The van der Waals surface area contributed by atoms with E-state index in [1.807, 2.05) is 36.5 Å². The second kappa shape index (κ2) is 6.86. The fraction of sp³-hybridized carbons (Fsp3) is 0.0526. The zero-order valence-electron chi connectivity index (χ0n) is 13.1. The first-order valence-corrected chi connectivity index (χ1v) is 9.03. The quantitative estimate of drug-likeness (QED) is 0.446. The Morgan fingerprint density at radius 2 is 1.80 bits per heavy atom. The van der Waals surface area contributed by atoms with E-state index in [4.69, 9.17) is 11.6 Å². The van der Waals surface area contributed by atoms with Gasteiger partial charge in [-0.25, -0.2) is 13.9 Å². The molecule has 0 fully saturated rings. The van der Waals surface area contributed by atoms with E-state index in [1.54, 1.807) is 34.6 Å². The highest BCUT2D eigenvalue weighted by molar-refractivity contribution is 7.98. The number of rotatable bonds is 4. The molecule has 0 saturated carbocycles. The fourth-order valence-electron chi connectivity index (χ4n) is 2.50. The van der Waals surface area contributed by atoms with E-state index < -0.39 is 0 Å². The van der Waals surface area contributed by atoms with Crippen LogP contribution in [0.15, 0.2) is 72.0 Å². The maximum atomic E-state index is 13.1. The van der Waals surface area contributed by atoms with Gasteiger partial charge in [-0.3, -0.25) is 0 Å². The molecule has 0 spiro atoms. The van der Waals surface area contributed by atoms with E-state index in [9.17, 15) is 4.39 Å². The lowest BCUT2D eigenvalue weighted by molar-refractivity contribution is 0.628. The lowest BCUT2D eigenvalue weighted by atomic mass is 10.1. The zero-order chi connectivity index (χ0) is 17.2. The Bertz CT molecular complexity index is 1010. The van der Waals surface area contributed by atoms with Crippen LogP contribution in [0.3, 0.4) is 0 Å². The van der Waals surface area contributed by atoms with Gasteiger partial charge in [-0.05, 0) is 48.0 Å². The molecule has 0 aliphatic rings. The average molecular weight is 370 g/mol. The van der Waals surface area contributed by atoms with Crippen molar-refractivity contribution < 1.29 is 4.39 Å². The molecule has 2 aromatic heterocycles. The van der Waals surface area contributed by atoms with Gasteiger partial charge in [0.2, 0.25) is 0 Å². The Labute approximate surface area is 153 Å². The minimum absolute atomic E-state index is 0.256. The molecule has 0 bridgehead atoms. The number of aromatic nitrogens is 3. The molecule has 4 aromatic rings. The molecule has 0 atom stereocenters. The van der Waals surface area contributed by atoms with Gasteiger partial charge in [0.15, 0.2) is 0 Å². The summed E-state index contributed by atoms with van der Waals surface area (Å²) < 4.78 is 14.9. The molecule has 124 valence electrons. The summed E-state index contributed by atoms with van der Waals surface area (Å²) in [5.74, 6) is 0.536. The third kappa shape index (κ3) is 3.52. The molecule has 0 radical (unpaired) electrons. The summed E-state index contributed by atoms with van der Waals surface area (Å²) in [7, 11) is 0. The van der Waals surface area contributed by atoms with Crippen LogP contribution in [-0.4, -0.2) is 14.6 Å². The van der Waals surface area contributed by atoms with Crippen molar-refractivity contribution in [2.24, 2.45) is 0 Å². The number of benzene rings is 2. The van der Waals surface area contributed by atoms with Crippen molar-refractivity contribution in [3.63, 3.8) is 0 Å². The Hall–Kier alpha value is -2.37. The third-order valence-corrected chi connectivity index (χ3v) is 5.10. The van der Waals surface area contributed by atoms with Gasteiger partial charge in [0, 0.05) is 28.7 Å². The molecule has 4 rings (SSSR count). The van der Waals surface area contributed by atoms with Crippen LogP contribution < -0.4 is 0 Å². The molecule has 0 N–H and O–H groups in total. The number of halogens is 2. The third-order valence-electron chi connectivity index (χ3n) is 3.78. The summed E-state index contributed by atoms with van der Waals surface area (Å²) in [6, 6.07) is 16.1.